The molecule has 0 saturated heterocycles. The molecule has 0 rings (SSSR count). The van der Waals surface area contributed by atoms with E-state index in [9.17, 15) is 19.5 Å². The van der Waals surface area contributed by atoms with Crippen LogP contribution in [0.5, 0.6) is 0 Å². The molecule has 0 aromatic heterocycles. The molecule has 0 saturated carbocycles. The van der Waals surface area contributed by atoms with Crippen LogP contribution in [-0.2, 0) is 19.1 Å². The predicted molar refractivity (Wildman–Crippen MR) is 71.1 cm³/mol. The molecule has 7 nitrogen and oxygen atoms in total. The Balaban J connectivity index is 4.75. The van der Waals surface area contributed by atoms with Crippen LogP contribution in [0.3, 0.4) is 0 Å². The quantitative estimate of drug-likeness (QED) is 0.549. The van der Waals surface area contributed by atoms with Gasteiger partial charge in [0.05, 0.1) is 25.5 Å². The first kappa shape index (κ1) is 18.5. The minimum atomic E-state index is -1.79. The van der Waals surface area contributed by atoms with E-state index in [1.807, 2.05) is 0 Å². The Hall–Kier alpha value is -1.47. The number of aliphatic carboxylic acids is 1. The van der Waals surface area contributed by atoms with Gasteiger partial charge in [0.15, 0.2) is 5.78 Å². The summed E-state index contributed by atoms with van der Waals surface area (Å²) in [6.07, 6.45) is -1.05. The summed E-state index contributed by atoms with van der Waals surface area (Å²) in [4.78, 5) is 34.0. The van der Waals surface area contributed by atoms with E-state index in [-0.39, 0.29) is 18.3 Å². The van der Waals surface area contributed by atoms with Gasteiger partial charge in [-0.25, -0.2) is 0 Å². The molecule has 0 heterocycles. The summed E-state index contributed by atoms with van der Waals surface area (Å²) in [5.41, 5.74) is -1.79. The van der Waals surface area contributed by atoms with E-state index in [0.717, 1.165) is 0 Å². The van der Waals surface area contributed by atoms with Crippen molar-refractivity contribution in [3.05, 3.63) is 0 Å². The number of aliphatic hydroxyl groups is 1. The van der Waals surface area contributed by atoms with Crippen molar-refractivity contribution in [2.75, 3.05) is 13.7 Å². The Kier molecular flexibility index (Phi) is 7.38. The number of carbonyl (C=O) groups is 3. The molecule has 0 spiro atoms. The molecule has 3 N–H and O–H groups in total. The predicted octanol–water partition coefficient (Wildman–Crippen LogP) is -0.0415. The van der Waals surface area contributed by atoms with Crippen LogP contribution in [0.1, 0.15) is 33.6 Å². The van der Waals surface area contributed by atoms with Gasteiger partial charge in [0.25, 0.3) is 0 Å². The molecule has 0 aliphatic rings. The van der Waals surface area contributed by atoms with Gasteiger partial charge in [-0.2, -0.15) is 0 Å². The third kappa shape index (κ3) is 6.63. The van der Waals surface area contributed by atoms with Crippen molar-refractivity contribution < 1.29 is 29.3 Å². The summed E-state index contributed by atoms with van der Waals surface area (Å²) < 4.78 is 4.75. The lowest BCUT2D eigenvalue weighted by atomic mass is 9.94. The first-order valence-electron chi connectivity index (χ1n) is 6.34. The Labute approximate surface area is 118 Å². The second-order valence-corrected chi connectivity index (χ2v) is 5.30. The van der Waals surface area contributed by atoms with E-state index in [0.29, 0.717) is 0 Å². The number of ether oxygens (including phenoxy) is 1. The molecule has 0 aromatic rings. The molecule has 0 aliphatic carbocycles. The first-order valence-corrected chi connectivity index (χ1v) is 6.34. The number of Topliss-reactive ketones (excluding diaryl/α,β-unsaturated/α-hetero) is 1. The highest BCUT2D eigenvalue weighted by Gasteiger charge is 2.34. The zero-order chi connectivity index (χ0) is 15.9. The Morgan fingerprint density at radius 2 is 1.80 bits per heavy atom. The molecule has 116 valence electrons. The molecule has 0 aliphatic heterocycles. The largest absolute Gasteiger partial charge is 0.481 e. The lowest BCUT2D eigenvalue weighted by molar-refractivity contribution is -0.147. The van der Waals surface area contributed by atoms with Gasteiger partial charge in [-0.15, -0.1) is 0 Å². The van der Waals surface area contributed by atoms with E-state index in [1.165, 1.54) is 14.0 Å². The molecule has 0 fully saturated rings. The van der Waals surface area contributed by atoms with Crippen molar-refractivity contribution in [3.63, 3.8) is 0 Å². The molecular weight excluding hydrogens is 266 g/mol. The van der Waals surface area contributed by atoms with Gasteiger partial charge in [0.2, 0.25) is 5.91 Å². The Morgan fingerprint density at radius 3 is 2.15 bits per heavy atom. The van der Waals surface area contributed by atoms with Gasteiger partial charge >= 0.3 is 5.97 Å². The van der Waals surface area contributed by atoms with E-state index < -0.39 is 36.4 Å². The maximum Gasteiger partial charge on any atom is 0.306 e. The smallest absolute Gasteiger partial charge is 0.306 e. The first-order chi connectivity index (χ1) is 9.11. The standard InChI is InChI=1S/C13H23NO6/c1-8(2)12(9(3)15)14-10(16)5-13(19,7-20-4)6-11(17)18/h8,12,19H,5-7H2,1-4H3,(H,14,16)(H,17,18). The van der Waals surface area contributed by atoms with Crippen LogP contribution in [0.25, 0.3) is 0 Å². The van der Waals surface area contributed by atoms with Gasteiger partial charge in [-0.05, 0) is 12.8 Å². The normalized spacial score (nSPS) is 15.5. The highest BCUT2D eigenvalue weighted by atomic mass is 16.5. The van der Waals surface area contributed by atoms with Gasteiger partial charge in [0, 0.05) is 7.11 Å². The third-order valence-electron chi connectivity index (χ3n) is 2.80. The Morgan fingerprint density at radius 1 is 1.25 bits per heavy atom. The van der Waals surface area contributed by atoms with Crippen molar-refractivity contribution >= 4 is 17.7 Å². The zero-order valence-corrected chi connectivity index (χ0v) is 12.3. The molecule has 1 amide bonds. The highest BCUT2D eigenvalue weighted by Crippen LogP contribution is 2.16. The SMILES string of the molecule is COCC(O)(CC(=O)O)CC(=O)NC(C(C)=O)C(C)C. The summed E-state index contributed by atoms with van der Waals surface area (Å²) in [6.45, 7) is 4.65. The maximum absolute atomic E-state index is 11.9. The molecule has 7 heteroatoms. The number of carboxylic acids is 1. The minimum absolute atomic E-state index is 0.0913. The van der Waals surface area contributed by atoms with Crippen molar-refractivity contribution in [1.82, 2.24) is 5.32 Å². The number of nitrogens with one attached hydrogen (secondary N) is 1. The molecule has 20 heavy (non-hydrogen) atoms. The van der Waals surface area contributed by atoms with Crippen molar-refractivity contribution in [1.29, 1.82) is 0 Å². The lowest BCUT2D eigenvalue weighted by Crippen LogP contribution is -2.48. The van der Waals surface area contributed by atoms with Gasteiger partial charge in [0.1, 0.15) is 5.60 Å². The topological polar surface area (TPSA) is 113 Å². The van der Waals surface area contributed by atoms with Crippen LogP contribution in [-0.4, -0.2) is 53.2 Å². The lowest BCUT2D eigenvalue weighted by Gasteiger charge is -2.27. The fraction of sp³-hybridized carbons (Fsp3) is 0.769. The van der Waals surface area contributed by atoms with Gasteiger partial charge < -0.3 is 20.3 Å². The molecule has 0 bridgehead atoms. The molecule has 0 aromatic carbocycles. The number of rotatable bonds is 9. The number of carbonyl (C=O) groups excluding carboxylic acids is 2. The number of methoxy groups -OCH3 is 1. The van der Waals surface area contributed by atoms with E-state index >= 15 is 0 Å². The summed E-state index contributed by atoms with van der Waals surface area (Å²) >= 11 is 0. The van der Waals surface area contributed by atoms with E-state index in [2.05, 4.69) is 5.32 Å². The fourth-order valence-electron chi connectivity index (χ4n) is 1.98. The molecule has 0 radical (unpaired) electrons. The van der Waals surface area contributed by atoms with E-state index in [4.69, 9.17) is 9.84 Å². The number of hydrogen-bond donors (Lipinski definition) is 3. The van der Waals surface area contributed by atoms with Crippen LogP contribution in [0.15, 0.2) is 0 Å². The van der Waals surface area contributed by atoms with Crippen LogP contribution in [0.4, 0.5) is 0 Å². The molecular formula is C13H23NO6. The van der Waals surface area contributed by atoms with Crippen molar-refractivity contribution in [3.8, 4) is 0 Å². The van der Waals surface area contributed by atoms with Gasteiger partial charge in [-0.3, -0.25) is 14.4 Å². The summed E-state index contributed by atoms with van der Waals surface area (Å²) in [7, 11) is 1.30. The average Bonchev–Trinajstić information content (AvgIpc) is 2.23. The number of carboxylic acid groups (broad SMARTS) is 1. The second kappa shape index (κ2) is 7.96. The third-order valence-corrected chi connectivity index (χ3v) is 2.80. The van der Waals surface area contributed by atoms with Crippen LogP contribution >= 0.6 is 0 Å². The zero-order valence-electron chi connectivity index (χ0n) is 12.3. The summed E-state index contributed by atoms with van der Waals surface area (Å²) in [5, 5.41) is 21.3. The average molecular weight is 289 g/mol. The van der Waals surface area contributed by atoms with Gasteiger partial charge in [-0.1, -0.05) is 13.8 Å². The van der Waals surface area contributed by atoms with Crippen molar-refractivity contribution in [2.24, 2.45) is 5.92 Å². The summed E-state index contributed by atoms with van der Waals surface area (Å²) in [6, 6.07) is -0.654. The number of ketones is 1. The van der Waals surface area contributed by atoms with Crippen LogP contribution < -0.4 is 5.32 Å². The Bertz CT molecular complexity index is 368. The van der Waals surface area contributed by atoms with Crippen molar-refractivity contribution in [2.45, 2.75) is 45.3 Å². The second-order valence-electron chi connectivity index (χ2n) is 5.30. The number of amides is 1. The number of hydrogen-bond acceptors (Lipinski definition) is 5. The fourth-order valence-corrected chi connectivity index (χ4v) is 1.98. The molecule has 2 unspecified atom stereocenters. The summed E-state index contributed by atoms with van der Waals surface area (Å²) in [5.74, 6) is -2.10. The maximum atomic E-state index is 11.9. The molecule has 2 atom stereocenters. The monoisotopic (exact) mass is 289 g/mol. The van der Waals surface area contributed by atoms with Crippen LogP contribution in [0.2, 0.25) is 0 Å². The minimum Gasteiger partial charge on any atom is -0.481 e. The highest BCUT2D eigenvalue weighted by molar-refractivity contribution is 5.88. The van der Waals surface area contributed by atoms with Crippen LogP contribution in [0, 0.1) is 5.92 Å². The van der Waals surface area contributed by atoms with E-state index in [1.54, 1.807) is 13.8 Å².